The van der Waals surface area contributed by atoms with Gasteiger partial charge in [-0.05, 0) is 36.3 Å². The SMILES string of the molecule is CC(C)c1cc(C(=O)NCC2(C)CCCC2)cc(NN)n1. The van der Waals surface area contributed by atoms with Gasteiger partial charge in [0.05, 0.1) is 0 Å². The Morgan fingerprint density at radius 2 is 2.05 bits per heavy atom. The maximum atomic E-state index is 12.4. The van der Waals surface area contributed by atoms with E-state index in [1.54, 1.807) is 6.07 Å². The second-order valence-electron chi connectivity index (χ2n) is 6.67. The zero-order valence-corrected chi connectivity index (χ0v) is 13.2. The van der Waals surface area contributed by atoms with E-state index in [2.05, 4.69) is 22.7 Å². The Balaban J connectivity index is 2.09. The third-order valence-electron chi connectivity index (χ3n) is 4.33. The molecule has 5 heteroatoms. The molecule has 1 fully saturated rings. The number of carbonyl (C=O) groups excluding carboxylic acids is 1. The summed E-state index contributed by atoms with van der Waals surface area (Å²) in [6, 6.07) is 3.54. The fourth-order valence-corrected chi connectivity index (χ4v) is 2.85. The maximum absolute atomic E-state index is 12.4. The second kappa shape index (κ2) is 6.43. The number of rotatable bonds is 5. The first-order valence-electron chi connectivity index (χ1n) is 7.70. The number of carbonyl (C=O) groups is 1. The van der Waals surface area contributed by atoms with Crippen molar-refractivity contribution in [3.05, 3.63) is 23.4 Å². The van der Waals surface area contributed by atoms with E-state index in [1.165, 1.54) is 25.7 Å². The number of pyridine rings is 1. The van der Waals surface area contributed by atoms with Crippen molar-refractivity contribution in [3.63, 3.8) is 0 Å². The van der Waals surface area contributed by atoms with Crippen LogP contribution in [0, 0.1) is 5.41 Å². The largest absolute Gasteiger partial charge is 0.351 e. The van der Waals surface area contributed by atoms with Gasteiger partial charge in [0.15, 0.2) is 0 Å². The normalized spacial score (nSPS) is 17.0. The summed E-state index contributed by atoms with van der Waals surface area (Å²) in [6.07, 6.45) is 4.91. The Morgan fingerprint density at radius 1 is 1.38 bits per heavy atom. The van der Waals surface area contributed by atoms with Crippen LogP contribution in [0.5, 0.6) is 0 Å². The number of nitrogen functional groups attached to an aromatic ring is 1. The number of hydrazine groups is 1. The van der Waals surface area contributed by atoms with Crippen molar-refractivity contribution in [1.82, 2.24) is 10.3 Å². The molecule has 0 radical (unpaired) electrons. The average molecular weight is 290 g/mol. The van der Waals surface area contributed by atoms with Gasteiger partial charge >= 0.3 is 0 Å². The van der Waals surface area contributed by atoms with Crippen LogP contribution in [0.4, 0.5) is 5.82 Å². The lowest BCUT2D eigenvalue weighted by molar-refractivity contribution is 0.0934. The van der Waals surface area contributed by atoms with Gasteiger partial charge in [-0.3, -0.25) is 4.79 Å². The number of amides is 1. The van der Waals surface area contributed by atoms with E-state index < -0.39 is 0 Å². The monoisotopic (exact) mass is 290 g/mol. The highest BCUT2D eigenvalue weighted by Crippen LogP contribution is 2.36. The van der Waals surface area contributed by atoms with Crippen LogP contribution in [-0.2, 0) is 0 Å². The third-order valence-corrected chi connectivity index (χ3v) is 4.33. The van der Waals surface area contributed by atoms with E-state index in [0.29, 0.717) is 11.4 Å². The Labute approximate surface area is 126 Å². The Hall–Kier alpha value is -1.62. The molecule has 0 aliphatic heterocycles. The highest BCUT2D eigenvalue weighted by molar-refractivity contribution is 5.95. The number of aromatic nitrogens is 1. The van der Waals surface area contributed by atoms with E-state index in [1.807, 2.05) is 19.9 Å². The van der Waals surface area contributed by atoms with Gasteiger partial charge in [-0.1, -0.05) is 33.6 Å². The van der Waals surface area contributed by atoms with Crippen molar-refractivity contribution in [3.8, 4) is 0 Å². The number of nitrogens with one attached hydrogen (secondary N) is 2. The molecule has 2 rings (SSSR count). The summed E-state index contributed by atoms with van der Waals surface area (Å²) in [4.78, 5) is 16.7. The van der Waals surface area contributed by atoms with Crippen LogP contribution in [0.15, 0.2) is 12.1 Å². The number of hydrogen-bond acceptors (Lipinski definition) is 4. The minimum Gasteiger partial charge on any atom is -0.351 e. The minimum absolute atomic E-state index is 0.0519. The minimum atomic E-state index is -0.0519. The van der Waals surface area contributed by atoms with Crippen molar-refractivity contribution in [1.29, 1.82) is 0 Å². The lowest BCUT2D eigenvalue weighted by atomic mass is 9.89. The molecule has 0 spiro atoms. The van der Waals surface area contributed by atoms with Crippen molar-refractivity contribution in [2.45, 2.75) is 52.4 Å². The number of nitrogens with two attached hydrogens (primary N) is 1. The van der Waals surface area contributed by atoms with Crippen LogP contribution in [0.2, 0.25) is 0 Å². The number of nitrogens with zero attached hydrogens (tertiary/aromatic N) is 1. The smallest absolute Gasteiger partial charge is 0.251 e. The van der Waals surface area contributed by atoms with Crippen molar-refractivity contribution < 1.29 is 4.79 Å². The Bertz CT molecular complexity index is 507. The van der Waals surface area contributed by atoms with Crippen LogP contribution in [0.25, 0.3) is 0 Å². The third kappa shape index (κ3) is 3.94. The number of hydrogen-bond donors (Lipinski definition) is 3. The first-order valence-corrected chi connectivity index (χ1v) is 7.70. The molecule has 1 aromatic rings. The van der Waals surface area contributed by atoms with Gasteiger partial charge in [0.2, 0.25) is 0 Å². The summed E-state index contributed by atoms with van der Waals surface area (Å²) < 4.78 is 0. The van der Waals surface area contributed by atoms with E-state index in [4.69, 9.17) is 5.84 Å². The summed E-state index contributed by atoms with van der Waals surface area (Å²) in [5.74, 6) is 6.16. The molecule has 0 atom stereocenters. The maximum Gasteiger partial charge on any atom is 0.251 e. The molecule has 0 bridgehead atoms. The van der Waals surface area contributed by atoms with E-state index >= 15 is 0 Å². The molecule has 0 aromatic carbocycles. The molecule has 5 nitrogen and oxygen atoms in total. The van der Waals surface area contributed by atoms with Crippen LogP contribution in [-0.4, -0.2) is 17.4 Å². The topological polar surface area (TPSA) is 80.0 Å². The molecule has 1 aliphatic rings. The molecule has 21 heavy (non-hydrogen) atoms. The molecule has 4 N–H and O–H groups in total. The predicted molar refractivity (Wildman–Crippen MR) is 85.0 cm³/mol. The zero-order valence-electron chi connectivity index (χ0n) is 13.2. The Morgan fingerprint density at radius 3 is 2.62 bits per heavy atom. The molecule has 1 aromatic heterocycles. The first-order chi connectivity index (χ1) is 9.93. The lowest BCUT2D eigenvalue weighted by Crippen LogP contribution is -2.34. The molecular formula is C16H26N4O. The van der Waals surface area contributed by atoms with E-state index in [9.17, 15) is 4.79 Å². The van der Waals surface area contributed by atoms with Gasteiger partial charge in [0.25, 0.3) is 5.91 Å². The molecule has 1 heterocycles. The summed E-state index contributed by atoms with van der Waals surface area (Å²) in [6.45, 7) is 7.07. The molecule has 1 amide bonds. The number of anilines is 1. The predicted octanol–water partition coefficient (Wildman–Crippen LogP) is 2.80. The standard InChI is InChI=1S/C16H26N4O/c1-11(2)13-8-12(9-14(19-13)20-17)15(21)18-10-16(3)6-4-5-7-16/h8-9,11H,4-7,10,17H2,1-3H3,(H,18,21)(H,19,20). The van der Waals surface area contributed by atoms with Crippen LogP contribution in [0.1, 0.15) is 68.4 Å². The summed E-state index contributed by atoms with van der Waals surface area (Å²) in [7, 11) is 0. The average Bonchev–Trinajstić information content (AvgIpc) is 2.91. The highest BCUT2D eigenvalue weighted by Gasteiger charge is 2.29. The zero-order chi connectivity index (χ0) is 15.5. The second-order valence-corrected chi connectivity index (χ2v) is 6.67. The van der Waals surface area contributed by atoms with Crippen LogP contribution >= 0.6 is 0 Å². The van der Waals surface area contributed by atoms with E-state index in [-0.39, 0.29) is 17.2 Å². The van der Waals surface area contributed by atoms with Gasteiger partial charge in [-0.15, -0.1) is 0 Å². The summed E-state index contributed by atoms with van der Waals surface area (Å²) in [5.41, 5.74) is 4.26. The first kappa shape index (κ1) is 15.8. The van der Waals surface area contributed by atoms with Crippen LogP contribution in [0.3, 0.4) is 0 Å². The molecule has 116 valence electrons. The van der Waals surface area contributed by atoms with Crippen molar-refractivity contribution >= 4 is 11.7 Å². The summed E-state index contributed by atoms with van der Waals surface area (Å²) in [5, 5.41) is 3.06. The van der Waals surface area contributed by atoms with Crippen molar-refractivity contribution in [2.24, 2.45) is 11.3 Å². The van der Waals surface area contributed by atoms with Gasteiger partial charge < -0.3 is 10.7 Å². The van der Waals surface area contributed by atoms with E-state index in [0.717, 1.165) is 12.2 Å². The molecule has 0 unspecified atom stereocenters. The van der Waals surface area contributed by atoms with Crippen molar-refractivity contribution in [2.75, 3.05) is 12.0 Å². The quantitative estimate of drug-likeness (QED) is 0.575. The molecule has 1 saturated carbocycles. The van der Waals surface area contributed by atoms with Gasteiger partial charge in [0, 0.05) is 17.8 Å². The lowest BCUT2D eigenvalue weighted by Gasteiger charge is -2.23. The molecule has 1 aliphatic carbocycles. The van der Waals surface area contributed by atoms with Gasteiger partial charge in [-0.25, -0.2) is 10.8 Å². The van der Waals surface area contributed by atoms with Crippen LogP contribution < -0.4 is 16.6 Å². The Kier molecular flexibility index (Phi) is 4.83. The molecular weight excluding hydrogens is 264 g/mol. The van der Waals surface area contributed by atoms with Gasteiger partial charge in [0.1, 0.15) is 5.82 Å². The van der Waals surface area contributed by atoms with Gasteiger partial charge in [-0.2, -0.15) is 0 Å². The molecule has 0 saturated heterocycles. The fourth-order valence-electron chi connectivity index (χ4n) is 2.85. The highest BCUT2D eigenvalue weighted by atomic mass is 16.1. The summed E-state index contributed by atoms with van der Waals surface area (Å²) >= 11 is 0. The fraction of sp³-hybridized carbons (Fsp3) is 0.625.